The molecule has 0 heterocycles. The summed E-state index contributed by atoms with van der Waals surface area (Å²) < 4.78 is 4.52. The Labute approximate surface area is 109 Å². The molecule has 1 amide bonds. The highest BCUT2D eigenvalue weighted by molar-refractivity contribution is 5.97. The molecule has 0 aliphatic heterocycles. The third kappa shape index (κ3) is 2.71. The number of ether oxygens (including phenoxy) is 1. The van der Waals surface area contributed by atoms with Crippen molar-refractivity contribution < 1.29 is 14.3 Å². The van der Waals surface area contributed by atoms with Crippen LogP contribution >= 0.6 is 0 Å². The van der Waals surface area contributed by atoms with Gasteiger partial charge < -0.3 is 10.1 Å². The number of hydrogen-bond donors (Lipinski definition) is 1. The van der Waals surface area contributed by atoms with E-state index in [-0.39, 0.29) is 5.91 Å². The second kappa shape index (κ2) is 5.21. The van der Waals surface area contributed by atoms with Gasteiger partial charge in [0.1, 0.15) is 0 Å². The van der Waals surface area contributed by atoms with Crippen molar-refractivity contribution in [2.75, 3.05) is 7.11 Å². The maximum absolute atomic E-state index is 11.8. The van der Waals surface area contributed by atoms with Crippen LogP contribution in [0.15, 0.2) is 41.3 Å². The fourth-order valence-electron chi connectivity index (χ4n) is 1.57. The maximum atomic E-state index is 11.8. The molecule has 0 fully saturated rings. The Hall–Kier alpha value is -2.83. The molecule has 1 aliphatic rings. The zero-order valence-electron chi connectivity index (χ0n) is 10.2. The molecule has 0 atom stereocenters. The van der Waals surface area contributed by atoms with Gasteiger partial charge in [0.05, 0.1) is 30.0 Å². The molecule has 5 nitrogen and oxygen atoms in total. The van der Waals surface area contributed by atoms with Crippen molar-refractivity contribution in [1.82, 2.24) is 5.32 Å². The Morgan fingerprint density at radius 3 is 2.53 bits per heavy atom. The van der Waals surface area contributed by atoms with E-state index in [9.17, 15) is 9.59 Å². The normalized spacial score (nSPS) is 12.4. The predicted molar refractivity (Wildman–Crippen MR) is 65.8 cm³/mol. The summed E-state index contributed by atoms with van der Waals surface area (Å²) in [5.74, 6) is -0.729. The maximum Gasteiger partial charge on any atom is 0.342 e. The number of nitrogens with one attached hydrogen (secondary N) is 1. The number of carbonyl (C=O) groups is 2. The van der Waals surface area contributed by atoms with Gasteiger partial charge in [0.2, 0.25) is 0 Å². The molecule has 0 spiro atoms. The van der Waals surface area contributed by atoms with Crippen LogP contribution in [0.2, 0.25) is 0 Å². The zero-order valence-corrected chi connectivity index (χ0v) is 10.2. The smallest absolute Gasteiger partial charge is 0.342 e. The first-order chi connectivity index (χ1) is 9.13. The van der Waals surface area contributed by atoms with E-state index >= 15 is 0 Å². The lowest BCUT2D eigenvalue weighted by atomic mass is 10.0. The summed E-state index contributed by atoms with van der Waals surface area (Å²) in [6, 6.07) is 8.25. The van der Waals surface area contributed by atoms with Gasteiger partial charge >= 0.3 is 5.97 Å². The van der Waals surface area contributed by atoms with Crippen LogP contribution in [0.3, 0.4) is 0 Å². The highest BCUT2D eigenvalue weighted by Gasteiger charge is 2.20. The average Bonchev–Trinajstić information content (AvgIpc) is 2.41. The summed E-state index contributed by atoms with van der Waals surface area (Å²) in [6.07, 6.45) is 0.342. The molecule has 0 aromatic heterocycles. The minimum atomic E-state index is -0.434. The minimum Gasteiger partial charge on any atom is -0.465 e. The van der Waals surface area contributed by atoms with Crippen molar-refractivity contribution in [3.63, 3.8) is 0 Å². The van der Waals surface area contributed by atoms with Crippen LogP contribution in [0.4, 0.5) is 0 Å². The highest BCUT2D eigenvalue weighted by atomic mass is 16.5. The molecule has 2 rings (SSSR count). The molecule has 0 saturated carbocycles. The standard InChI is InChI=1S/C14H10N2O3/c1-19-14(18)11-6-12(7-11)16-13(17)10-4-2-9(8-15)3-5-10/h2-5H,6H2,1H3,(H,16,17). The van der Waals surface area contributed by atoms with Crippen LogP contribution in [-0.2, 0) is 9.53 Å². The number of carbonyl (C=O) groups excluding carboxylic acids is 2. The summed E-state index contributed by atoms with van der Waals surface area (Å²) in [5, 5.41) is 11.3. The van der Waals surface area contributed by atoms with Crippen LogP contribution in [0.25, 0.3) is 0 Å². The average molecular weight is 254 g/mol. The number of nitrogens with zero attached hydrogens (tertiary/aromatic N) is 1. The number of methoxy groups -OCH3 is 1. The molecule has 0 unspecified atom stereocenters. The van der Waals surface area contributed by atoms with Gasteiger partial charge in [-0.05, 0) is 24.3 Å². The van der Waals surface area contributed by atoms with E-state index in [0.717, 1.165) is 0 Å². The fraction of sp³-hybridized carbons (Fsp3) is 0.143. The van der Waals surface area contributed by atoms with E-state index < -0.39 is 5.97 Å². The van der Waals surface area contributed by atoms with Gasteiger partial charge in [0.15, 0.2) is 0 Å². The van der Waals surface area contributed by atoms with E-state index in [0.29, 0.717) is 28.8 Å². The summed E-state index contributed by atoms with van der Waals surface area (Å²) in [6.45, 7) is 0. The van der Waals surface area contributed by atoms with Gasteiger partial charge in [0.25, 0.3) is 5.91 Å². The topological polar surface area (TPSA) is 79.2 Å². The molecule has 1 aromatic carbocycles. The lowest BCUT2D eigenvalue weighted by Gasteiger charge is -2.14. The van der Waals surface area contributed by atoms with Gasteiger partial charge in [-0.15, -0.1) is 0 Å². The molecule has 1 aromatic rings. The van der Waals surface area contributed by atoms with Gasteiger partial charge in [-0.3, -0.25) is 4.79 Å². The molecular weight excluding hydrogens is 244 g/mol. The Morgan fingerprint density at radius 2 is 2.00 bits per heavy atom. The molecule has 19 heavy (non-hydrogen) atoms. The monoisotopic (exact) mass is 254 g/mol. The largest absolute Gasteiger partial charge is 0.465 e. The Kier molecular flexibility index (Phi) is 3.46. The number of rotatable bonds is 3. The van der Waals surface area contributed by atoms with Crippen LogP contribution in [0.1, 0.15) is 22.3 Å². The first-order valence-electron chi connectivity index (χ1n) is 5.52. The van der Waals surface area contributed by atoms with Crippen molar-refractivity contribution >= 4 is 11.9 Å². The lowest BCUT2D eigenvalue weighted by Crippen LogP contribution is -2.26. The third-order valence-corrected chi connectivity index (χ3v) is 2.63. The van der Waals surface area contributed by atoms with E-state index in [1.165, 1.54) is 7.11 Å². The van der Waals surface area contributed by atoms with Crippen LogP contribution < -0.4 is 5.32 Å². The number of hydrogen-bond acceptors (Lipinski definition) is 4. The Bertz CT molecular complexity index is 644. The van der Waals surface area contributed by atoms with Crippen molar-refractivity contribution in [2.45, 2.75) is 6.42 Å². The summed E-state index contributed by atoms with van der Waals surface area (Å²) in [4.78, 5) is 22.9. The van der Waals surface area contributed by atoms with Gasteiger partial charge in [-0.25, -0.2) is 4.79 Å². The SMILES string of the molecule is COC(=O)C1=C=C(NC(=O)c2ccc(C#N)cc2)C1. The number of nitriles is 1. The molecule has 94 valence electrons. The van der Waals surface area contributed by atoms with Crippen LogP contribution in [0, 0.1) is 11.3 Å². The molecule has 0 saturated heterocycles. The van der Waals surface area contributed by atoms with Crippen molar-refractivity contribution in [3.8, 4) is 6.07 Å². The van der Waals surface area contributed by atoms with Gasteiger partial charge in [-0.1, -0.05) is 5.73 Å². The van der Waals surface area contributed by atoms with Crippen LogP contribution in [0.5, 0.6) is 0 Å². The second-order valence-electron chi connectivity index (χ2n) is 3.89. The quantitative estimate of drug-likeness (QED) is 0.650. The summed E-state index contributed by atoms with van der Waals surface area (Å²) in [5.41, 5.74) is 4.63. The first-order valence-corrected chi connectivity index (χ1v) is 5.52. The van der Waals surface area contributed by atoms with Crippen molar-refractivity contribution in [2.24, 2.45) is 0 Å². The van der Waals surface area contributed by atoms with Gasteiger partial charge in [-0.2, -0.15) is 5.26 Å². The first kappa shape index (κ1) is 12.6. The number of benzene rings is 1. The van der Waals surface area contributed by atoms with Crippen molar-refractivity contribution in [1.29, 1.82) is 5.26 Å². The molecule has 1 N–H and O–H groups in total. The summed E-state index contributed by atoms with van der Waals surface area (Å²) in [7, 11) is 1.30. The molecule has 5 heteroatoms. The highest BCUT2D eigenvalue weighted by Crippen LogP contribution is 2.18. The molecule has 0 radical (unpaired) electrons. The third-order valence-electron chi connectivity index (χ3n) is 2.63. The second-order valence-corrected chi connectivity index (χ2v) is 3.89. The fourth-order valence-corrected chi connectivity index (χ4v) is 1.57. The van der Waals surface area contributed by atoms with E-state index in [4.69, 9.17) is 5.26 Å². The molecule has 0 bridgehead atoms. The van der Waals surface area contributed by atoms with E-state index in [2.05, 4.69) is 15.8 Å². The molecule has 1 aliphatic carbocycles. The van der Waals surface area contributed by atoms with E-state index in [1.54, 1.807) is 24.3 Å². The van der Waals surface area contributed by atoms with Gasteiger partial charge in [0, 0.05) is 12.0 Å². The number of esters is 1. The summed E-state index contributed by atoms with van der Waals surface area (Å²) >= 11 is 0. The van der Waals surface area contributed by atoms with Crippen molar-refractivity contribution in [3.05, 3.63) is 52.4 Å². The Morgan fingerprint density at radius 1 is 1.37 bits per heavy atom. The number of amides is 1. The van der Waals surface area contributed by atoms with E-state index in [1.807, 2.05) is 6.07 Å². The predicted octanol–water partition coefficient (Wildman–Crippen LogP) is 1.27. The van der Waals surface area contributed by atoms with Crippen LogP contribution in [-0.4, -0.2) is 19.0 Å². The molecular formula is C14H10N2O3. The minimum absolute atomic E-state index is 0.295. The lowest BCUT2D eigenvalue weighted by molar-refractivity contribution is -0.136. The zero-order chi connectivity index (χ0) is 13.8. The Balaban J connectivity index is 2.05.